The van der Waals surface area contributed by atoms with Crippen LogP contribution in [0.3, 0.4) is 0 Å². The van der Waals surface area contributed by atoms with E-state index in [1.165, 1.54) is 6.07 Å². The summed E-state index contributed by atoms with van der Waals surface area (Å²) >= 11 is 0. The Kier molecular flexibility index (Phi) is 4.74. The maximum Gasteiger partial charge on any atom is 0.265 e. The number of primary amides is 1. The summed E-state index contributed by atoms with van der Waals surface area (Å²) in [5.41, 5.74) is 6.36. The summed E-state index contributed by atoms with van der Waals surface area (Å²) in [5, 5.41) is 5.45. The molecule has 4 N–H and O–H groups in total. The molecule has 2 aromatic carbocycles. The molecule has 1 heterocycles. The molecule has 1 aliphatic heterocycles. The van der Waals surface area contributed by atoms with E-state index in [4.69, 9.17) is 15.2 Å². The fourth-order valence-corrected chi connectivity index (χ4v) is 2.37. The largest absolute Gasteiger partial charge is 0.484 e. The second-order valence-electron chi connectivity index (χ2n) is 5.70. The van der Waals surface area contributed by atoms with Crippen LogP contribution in [0.1, 0.15) is 17.3 Å². The SMILES string of the molecule is CC1Oc2ccc(NC(=O)c3cccc(OCC(N)=O)c3)cc2NC1=O. The van der Waals surface area contributed by atoms with Gasteiger partial charge in [0, 0.05) is 11.3 Å². The highest BCUT2D eigenvalue weighted by atomic mass is 16.5. The molecule has 0 fully saturated rings. The number of nitrogens with one attached hydrogen (secondary N) is 2. The number of rotatable bonds is 5. The molecule has 2 aromatic rings. The predicted octanol–water partition coefficient (Wildman–Crippen LogP) is 1.52. The minimum Gasteiger partial charge on any atom is -0.484 e. The van der Waals surface area contributed by atoms with Gasteiger partial charge in [0.25, 0.3) is 17.7 Å². The zero-order valence-corrected chi connectivity index (χ0v) is 13.9. The first kappa shape index (κ1) is 17.3. The first-order valence-corrected chi connectivity index (χ1v) is 7.86. The molecule has 8 nitrogen and oxygen atoms in total. The number of hydrogen-bond acceptors (Lipinski definition) is 5. The molecule has 0 saturated carbocycles. The molecular weight excluding hydrogens is 338 g/mol. The summed E-state index contributed by atoms with van der Waals surface area (Å²) in [6.07, 6.45) is -0.564. The van der Waals surface area contributed by atoms with Crippen molar-refractivity contribution in [2.75, 3.05) is 17.2 Å². The van der Waals surface area contributed by atoms with Crippen LogP contribution in [0.15, 0.2) is 42.5 Å². The zero-order valence-electron chi connectivity index (χ0n) is 13.9. The van der Waals surface area contributed by atoms with Crippen molar-refractivity contribution in [1.82, 2.24) is 0 Å². The fraction of sp³-hybridized carbons (Fsp3) is 0.167. The summed E-state index contributed by atoms with van der Waals surface area (Å²) in [6, 6.07) is 11.3. The number of carbonyl (C=O) groups excluding carboxylic acids is 3. The van der Waals surface area contributed by atoms with Gasteiger partial charge in [-0.15, -0.1) is 0 Å². The van der Waals surface area contributed by atoms with Gasteiger partial charge in [-0.05, 0) is 43.3 Å². The predicted molar refractivity (Wildman–Crippen MR) is 94.2 cm³/mol. The number of benzene rings is 2. The number of hydrogen-bond donors (Lipinski definition) is 3. The van der Waals surface area contributed by atoms with Crippen LogP contribution in [0.25, 0.3) is 0 Å². The van der Waals surface area contributed by atoms with Crippen molar-refractivity contribution < 1.29 is 23.9 Å². The molecule has 0 bridgehead atoms. The summed E-state index contributed by atoms with van der Waals surface area (Å²) in [5.74, 6) is -0.327. The van der Waals surface area contributed by atoms with Gasteiger partial charge in [0.2, 0.25) is 0 Å². The number of ether oxygens (including phenoxy) is 2. The lowest BCUT2D eigenvalue weighted by molar-refractivity contribution is -0.122. The molecule has 0 aliphatic carbocycles. The van der Waals surface area contributed by atoms with Crippen LogP contribution in [0.4, 0.5) is 11.4 Å². The van der Waals surface area contributed by atoms with E-state index in [0.29, 0.717) is 28.4 Å². The number of carbonyl (C=O) groups is 3. The molecule has 26 heavy (non-hydrogen) atoms. The quantitative estimate of drug-likeness (QED) is 0.751. The van der Waals surface area contributed by atoms with Crippen molar-refractivity contribution in [1.29, 1.82) is 0 Å². The lowest BCUT2D eigenvalue weighted by Crippen LogP contribution is -2.34. The van der Waals surface area contributed by atoms with Crippen LogP contribution in [-0.2, 0) is 9.59 Å². The minimum atomic E-state index is -0.604. The Morgan fingerprint density at radius 2 is 2.08 bits per heavy atom. The minimum absolute atomic E-state index is 0.250. The highest BCUT2D eigenvalue weighted by Crippen LogP contribution is 2.32. The molecule has 3 rings (SSSR count). The van der Waals surface area contributed by atoms with E-state index in [1.807, 2.05) is 0 Å². The fourth-order valence-electron chi connectivity index (χ4n) is 2.37. The third kappa shape index (κ3) is 3.92. The Labute approximate surface area is 149 Å². The lowest BCUT2D eigenvalue weighted by atomic mass is 10.1. The van der Waals surface area contributed by atoms with Crippen molar-refractivity contribution in [3.8, 4) is 11.5 Å². The standard InChI is InChI=1S/C18H17N3O5/c1-10-17(23)21-14-8-12(5-6-15(14)26-10)20-18(24)11-3-2-4-13(7-11)25-9-16(19)22/h2-8,10H,9H2,1H3,(H2,19,22)(H,20,24)(H,21,23). The maximum atomic E-state index is 12.4. The smallest absolute Gasteiger partial charge is 0.265 e. The van der Waals surface area contributed by atoms with E-state index in [1.54, 1.807) is 43.3 Å². The first-order chi connectivity index (χ1) is 12.4. The first-order valence-electron chi connectivity index (χ1n) is 7.86. The van der Waals surface area contributed by atoms with E-state index >= 15 is 0 Å². The average molecular weight is 355 g/mol. The molecule has 8 heteroatoms. The molecular formula is C18H17N3O5. The Balaban J connectivity index is 1.72. The molecule has 3 amide bonds. The summed E-state index contributed by atoms with van der Waals surface area (Å²) in [6.45, 7) is 1.38. The molecule has 0 aromatic heterocycles. The zero-order chi connectivity index (χ0) is 18.7. The summed E-state index contributed by atoms with van der Waals surface area (Å²) < 4.78 is 10.7. The molecule has 1 aliphatic rings. The van der Waals surface area contributed by atoms with Gasteiger partial charge in [-0.25, -0.2) is 0 Å². The number of nitrogens with two attached hydrogens (primary N) is 1. The van der Waals surface area contributed by atoms with Crippen molar-refractivity contribution in [3.05, 3.63) is 48.0 Å². The van der Waals surface area contributed by atoms with E-state index in [-0.39, 0.29) is 18.4 Å². The second kappa shape index (κ2) is 7.14. The van der Waals surface area contributed by atoms with Gasteiger partial charge in [0.1, 0.15) is 11.5 Å². The number of anilines is 2. The molecule has 1 unspecified atom stereocenters. The average Bonchev–Trinajstić information content (AvgIpc) is 2.61. The molecule has 0 radical (unpaired) electrons. The molecule has 1 atom stereocenters. The third-order valence-electron chi connectivity index (χ3n) is 3.65. The van der Waals surface area contributed by atoms with E-state index < -0.39 is 12.0 Å². The van der Waals surface area contributed by atoms with Gasteiger partial charge in [0.15, 0.2) is 12.7 Å². The third-order valence-corrected chi connectivity index (χ3v) is 3.65. The van der Waals surface area contributed by atoms with Crippen molar-refractivity contribution in [2.24, 2.45) is 5.73 Å². The van der Waals surface area contributed by atoms with E-state index in [9.17, 15) is 14.4 Å². The summed E-state index contributed by atoms with van der Waals surface area (Å²) in [7, 11) is 0. The lowest BCUT2D eigenvalue weighted by Gasteiger charge is -2.23. The van der Waals surface area contributed by atoms with Crippen LogP contribution >= 0.6 is 0 Å². The highest BCUT2D eigenvalue weighted by Gasteiger charge is 2.23. The van der Waals surface area contributed by atoms with Crippen molar-refractivity contribution >= 4 is 29.1 Å². The van der Waals surface area contributed by atoms with Crippen LogP contribution in [0.2, 0.25) is 0 Å². The van der Waals surface area contributed by atoms with Crippen LogP contribution in [0.5, 0.6) is 11.5 Å². The van der Waals surface area contributed by atoms with E-state index in [2.05, 4.69) is 10.6 Å². The van der Waals surface area contributed by atoms with Gasteiger partial charge >= 0.3 is 0 Å². The molecule has 134 valence electrons. The number of amides is 3. The Hall–Kier alpha value is -3.55. The normalized spacial score (nSPS) is 15.3. The number of fused-ring (bicyclic) bond motifs is 1. The monoisotopic (exact) mass is 355 g/mol. The van der Waals surface area contributed by atoms with Gasteiger partial charge in [-0.1, -0.05) is 6.07 Å². The molecule has 0 spiro atoms. The summed E-state index contributed by atoms with van der Waals surface area (Å²) in [4.78, 5) is 34.9. The maximum absolute atomic E-state index is 12.4. The van der Waals surface area contributed by atoms with Crippen LogP contribution in [-0.4, -0.2) is 30.4 Å². The highest BCUT2D eigenvalue weighted by molar-refractivity contribution is 6.05. The Morgan fingerprint density at radius 1 is 1.27 bits per heavy atom. The topological polar surface area (TPSA) is 120 Å². The van der Waals surface area contributed by atoms with Gasteiger partial charge in [0.05, 0.1) is 5.69 Å². The Bertz CT molecular complexity index is 881. The van der Waals surface area contributed by atoms with Gasteiger partial charge < -0.3 is 25.8 Å². The second-order valence-corrected chi connectivity index (χ2v) is 5.70. The van der Waals surface area contributed by atoms with Crippen molar-refractivity contribution in [2.45, 2.75) is 13.0 Å². The Morgan fingerprint density at radius 3 is 2.85 bits per heavy atom. The van der Waals surface area contributed by atoms with Gasteiger partial charge in [-0.3, -0.25) is 14.4 Å². The van der Waals surface area contributed by atoms with Crippen molar-refractivity contribution in [3.63, 3.8) is 0 Å². The van der Waals surface area contributed by atoms with Crippen LogP contribution < -0.4 is 25.8 Å². The van der Waals surface area contributed by atoms with E-state index in [0.717, 1.165) is 0 Å². The van der Waals surface area contributed by atoms with Gasteiger partial charge in [-0.2, -0.15) is 0 Å². The van der Waals surface area contributed by atoms with Crippen LogP contribution in [0, 0.1) is 0 Å². The molecule has 0 saturated heterocycles.